The van der Waals surface area contributed by atoms with Gasteiger partial charge in [0.25, 0.3) is 0 Å². The number of ether oxygens (including phenoxy) is 2. The standard InChI is InChI=1S/C29H48O6/c1-17(7-12-29(18(2)26(32)33)34-13-14-35-29)21-5-6-22-25-23(9-11-28(21,22)4)27(3)10-8-20(30)15-19(27)16-24(25)31/h17-25,30-31H,5-16H2,1-4H3,(H,32,33)/t17-,18?,19+,20-,21-,22?,23+,24-,25+,27+,28-/m1/s1. The Morgan fingerprint density at radius 2 is 1.60 bits per heavy atom. The quantitative estimate of drug-likeness (QED) is 0.490. The van der Waals surface area contributed by atoms with Crippen molar-refractivity contribution >= 4 is 5.97 Å². The molecule has 200 valence electrons. The number of carbonyl (C=O) groups is 1. The number of aliphatic hydroxyl groups excluding tert-OH is 2. The number of hydrogen-bond donors (Lipinski definition) is 3. The van der Waals surface area contributed by atoms with Gasteiger partial charge in [-0.05, 0) is 111 Å². The van der Waals surface area contributed by atoms with Crippen molar-refractivity contribution in [3.8, 4) is 0 Å². The molecular formula is C29H48O6. The lowest BCUT2D eigenvalue weighted by Crippen LogP contribution is -2.58. The van der Waals surface area contributed by atoms with Gasteiger partial charge < -0.3 is 24.8 Å². The largest absolute Gasteiger partial charge is 0.481 e. The summed E-state index contributed by atoms with van der Waals surface area (Å²) in [5, 5.41) is 31.4. The maximum atomic E-state index is 11.7. The molecule has 35 heavy (non-hydrogen) atoms. The molecule has 2 unspecified atom stereocenters. The van der Waals surface area contributed by atoms with Crippen molar-refractivity contribution in [1.82, 2.24) is 0 Å². The Kier molecular flexibility index (Phi) is 6.86. The molecular weight excluding hydrogens is 444 g/mol. The first-order chi connectivity index (χ1) is 16.5. The monoisotopic (exact) mass is 492 g/mol. The first kappa shape index (κ1) is 25.9. The summed E-state index contributed by atoms with van der Waals surface area (Å²) in [4.78, 5) is 11.7. The van der Waals surface area contributed by atoms with Crippen LogP contribution in [-0.2, 0) is 14.3 Å². The fraction of sp³-hybridized carbons (Fsp3) is 0.966. The smallest absolute Gasteiger partial charge is 0.311 e. The molecule has 6 heteroatoms. The first-order valence-corrected chi connectivity index (χ1v) is 14.4. The predicted octanol–water partition coefficient (Wildman–Crippen LogP) is 4.86. The van der Waals surface area contributed by atoms with Crippen LogP contribution in [0.25, 0.3) is 0 Å². The zero-order valence-corrected chi connectivity index (χ0v) is 22.2. The lowest BCUT2D eigenvalue weighted by Gasteiger charge is -2.62. The van der Waals surface area contributed by atoms with Gasteiger partial charge in [0.05, 0.1) is 25.4 Å². The highest BCUT2D eigenvalue weighted by molar-refractivity contribution is 5.70. The fourth-order valence-corrected chi connectivity index (χ4v) is 10.1. The van der Waals surface area contributed by atoms with Crippen molar-refractivity contribution in [2.24, 2.45) is 52.3 Å². The summed E-state index contributed by atoms with van der Waals surface area (Å²) in [6, 6.07) is 0. The fourth-order valence-electron chi connectivity index (χ4n) is 10.1. The van der Waals surface area contributed by atoms with E-state index in [9.17, 15) is 20.1 Å². The van der Waals surface area contributed by atoms with Crippen LogP contribution in [0, 0.1) is 52.3 Å². The van der Waals surface area contributed by atoms with E-state index in [4.69, 9.17) is 9.47 Å². The Labute approximate surface area is 211 Å². The molecule has 4 saturated carbocycles. The Bertz CT molecular complexity index is 794. The molecule has 11 atom stereocenters. The Hall–Kier alpha value is -0.690. The van der Waals surface area contributed by atoms with Crippen LogP contribution in [0.4, 0.5) is 0 Å². The minimum Gasteiger partial charge on any atom is -0.481 e. The second-order valence-corrected chi connectivity index (χ2v) is 13.5. The van der Waals surface area contributed by atoms with Crippen molar-refractivity contribution in [3.05, 3.63) is 0 Å². The van der Waals surface area contributed by atoms with Gasteiger partial charge in [0.15, 0.2) is 5.79 Å². The summed E-state index contributed by atoms with van der Waals surface area (Å²) in [6.07, 6.45) is 9.59. The molecule has 0 radical (unpaired) electrons. The van der Waals surface area contributed by atoms with Crippen LogP contribution in [0.5, 0.6) is 0 Å². The van der Waals surface area contributed by atoms with E-state index in [1.165, 1.54) is 25.7 Å². The van der Waals surface area contributed by atoms with Crippen LogP contribution in [0.15, 0.2) is 0 Å². The number of fused-ring (bicyclic) bond motifs is 5. The highest BCUT2D eigenvalue weighted by Gasteiger charge is 2.63. The third-order valence-corrected chi connectivity index (χ3v) is 12.2. The maximum absolute atomic E-state index is 11.7. The van der Waals surface area contributed by atoms with E-state index < -0.39 is 17.7 Å². The first-order valence-electron chi connectivity index (χ1n) is 14.4. The second kappa shape index (κ2) is 9.25. The Morgan fingerprint density at radius 3 is 2.29 bits per heavy atom. The van der Waals surface area contributed by atoms with Gasteiger partial charge in [-0.3, -0.25) is 4.79 Å². The molecule has 5 aliphatic rings. The second-order valence-electron chi connectivity index (χ2n) is 13.5. The molecule has 4 aliphatic carbocycles. The summed E-state index contributed by atoms with van der Waals surface area (Å²) < 4.78 is 11.8. The summed E-state index contributed by atoms with van der Waals surface area (Å²) >= 11 is 0. The molecule has 0 aromatic carbocycles. The molecule has 5 rings (SSSR count). The number of aliphatic hydroxyl groups is 2. The van der Waals surface area contributed by atoms with E-state index >= 15 is 0 Å². The van der Waals surface area contributed by atoms with Gasteiger partial charge in [-0.1, -0.05) is 20.8 Å². The van der Waals surface area contributed by atoms with E-state index in [-0.39, 0.29) is 23.0 Å². The SMILES string of the molecule is CC(C(=O)O)C1(CC[C@@H](C)[C@H]2CCC3[C@@H]4[C@H](O)C[C@@H]5C[C@H](O)CC[C@]5(C)[C@H]4CC[C@@]32C)OCCO1. The Balaban J connectivity index is 1.30. The summed E-state index contributed by atoms with van der Waals surface area (Å²) in [5.41, 5.74) is 0.479. The molecule has 0 aromatic heterocycles. The van der Waals surface area contributed by atoms with Gasteiger partial charge >= 0.3 is 5.97 Å². The molecule has 0 spiro atoms. The summed E-state index contributed by atoms with van der Waals surface area (Å²) in [7, 11) is 0. The molecule has 1 saturated heterocycles. The van der Waals surface area contributed by atoms with Gasteiger partial charge in [-0.25, -0.2) is 0 Å². The van der Waals surface area contributed by atoms with Crippen molar-refractivity contribution in [3.63, 3.8) is 0 Å². The topological polar surface area (TPSA) is 96.2 Å². The highest BCUT2D eigenvalue weighted by atomic mass is 16.7. The molecule has 0 aromatic rings. The molecule has 1 aliphatic heterocycles. The van der Waals surface area contributed by atoms with Crippen LogP contribution in [0.2, 0.25) is 0 Å². The maximum Gasteiger partial charge on any atom is 0.311 e. The number of carboxylic acids is 1. The minimum absolute atomic E-state index is 0.192. The van der Waals surface area contributed by atoms with Gasteiger partial charge in [0, 0.05) is 6.42 Å². The number of carboxylic acid groups (broad SMARTS) is 1. The van der Waals surface area contributed by atoms with E-state index in [2.05, 4.69) is 20.8 Å². The minimum atomic E-state index is -0.995. The molecule has 0 amide bonds. The van der Waals surface area contributed by atoms with Crippen molar-refractivity contribution in [1.29, 1.82) is 0 Å². The van der Waals surface area contributed by atoms with Gasteiger partial charge in [-0.2, -0.15) is 0 Å². The number of rotatable bonds is 6. The lowest BCUT2D eigenvalue weighted by atomic mass is 9.43. The lowest BCUT2D eigenvalue weighted by molar-refractivity contribution is -0.209. The normalized spacial score (nSPS) is 48.5. The summed E-state index contributed by atoms with van der Waals surface area (Å²) in [5.74, 6) is 0.447. The van der Waals surface area contributed by atoms with E-state index in [1.54, 1.807) is 6.92 Å². The van der Waals surface area contributed by atoms with Gasteiger partial charge in [0.1, 0.15) is 5.92 Å². The third kappa shape index (κ3) is 4.09. The van der Waals surface area contributed by atoms with Crippen LogP contribution in [0.1, 0.15) is 91.9 Å². The van der Waals surface area contributed by atoms with E-state index in [1.807, 2.05) is 0 Å². The zero-order valence-electron chi connectivity index (χ0n) is 22.2. The van der Waals surface area contributed by atoms with Crippen molar-refractivity contribution in [2.45, 2.75) is 110 Å². The van der Waals surface area contributed by atoms with Crippen LogP contribution >= 0.6 is 0 Å². The molecule has 3 N–H and O–H groups in total. The van der Waals surface area contributed by atoms with Gasteiger partial charge in [0.2, 0.25) is 0 Å². The van der Waals surface area contributed by atoms with Crippen LogP contribution in [0.3, 0.4) is 0 Å². The third-order valence-electron chi connectivity index (χ3n) is 12.2. The van der Waals surface area contributed by atoms with E-state index in [0.29, 0.717) is 55.1 Å². The van der Waals surface area contributed by atoms with E-state index in [0.717, 1.165) is 32.1 Å². The molecule has 0 bridgehead atoms. The summed E-state index contributed by atoms with van der Waals surface area (Å²) in [6.45, 7) is 9.94. The number of hydrogen-bond acceptors (Lipinski definition) is 5. The highest BCUT2D eigenvalue weighted by Crippen LogP contribution is 2.68. The molecule has 1 heterocycles. The molecule has 5 fully saturated rings. The van der Waals surface area contributed by atoms with Gasteiger partial charge in [-0.15, -0.1) is 0 Å². The Morgan fingerprint density at radius 1 is 0.943 bits per heavy atom. The van der Waals surface area contributed by atoms with Crippen LogP contribution in [-0.4, -0.2) is 52.5 Å². The molecule has 6 nitrogen and oxygen atoms in total. The number of aliphatic carboxylic acids is 1. The van der Waals surface area contributed by atoms with Crippen molar-refractivity contribution < 1.29 is 29.6 Å². The predicted molar refractivity (Wildman–Crippen MR) is 132 cm³/mol. The van der Waals surface area contributed by atoms with Crippen LogP contribution < -0.4 is 0 Å². The average Bonchev–Trinajstić information content (AvgIpc) is 3.43. The average molecular weight is 493 g/mol. The zero-order chi connectivity index (χ0) is 25.2. The van der Waals surface area contributed by atoms with Crippen molar-refractivity contribution in [2.75, 3.05) is 13.2 Å².